The highest BCUT2D eigenvalue weighted by Crippen LogP contribution is 2.11. The second kappa shape index (κ2) is 7.36. The normalized spacial score (nSPS) is 13.3. The molecule has 0 aliphatic rings. The SMILES string of the molecule is CN[C@H](CCC(=O)OC(C)C)C(=O)OC(C)(C)C. The van der Waals surface area contributed by atoms with Crippen molar-refractivity contribution < 1.29 is 19.1 Å². The molecule has 0 saturated carbocycles. The van der Waals surface area contributed by atoms with Gasteiger partial charge in [0.05, 0.1) is 6.10 Å². The second-order valence-electron chi connectivity index (χ2n) is 5.45. The first-order chi connectivity index (χ1) is 8.15. The fraction of sp³-hybridized carbons (Fsp3) is 0.846. The smallest absolute Gasteiger partial charge is 0.323 e. The van der Waals surface area contributed by atoms with Crippen molar-refractivity contribution in [3.05, 3.63) is 0 Å². The molecule has 0 aromatic carbocycles. The van der Waals surface area contributed by atoms with E-state index < -0.39 is 11.6 Å². The van der Waals surface area contributed by atoms with Gasteiger partial charge in [-0.15, -0.1) is 0 Å². The number of esters is 2. The van der Waals surface area contributed by atoms with E-state index in [1.807, 2.05) is 20.8 Å². The van der Waals surface area contributed by atoms with Crippen molar-refractivity contribution in [2.75, 3.05) is 7.05 Å². The standard InChI is InChI=1S/C13H25NO4/c1-9(2)17-11(15)8-7-10(14-6)12(16)18-13(3,4)5/h9-10,14H,7-8H2,1-6H3/t10-/m1/s1. The number of ether oxygens (including phenoxy) is 2. The highest BCUT2D eigenvalue weighted by atomic mass is 16.6. The average Bonchev–Trinajstić information content (AvgIpc) is 2.14. The van der Waals surface area contributed by atoms with Crippen LogP contribution in [0.4, 0.5) is 0 Å². The van der Waals surface area contributed by atoms with E-state index in [1.54, 1.807) is 20.9 Å². The molecule has 1 N–H and O–H groups in total. The fourth-order valence-electron chi connectivity index (χ4n) is 1.34. The summed E-state index contributed by atoms with van der Waals surface area (Å²) in [5, 5.41) is 2.85. The second-order valence-corrected chi connectivity index (χ2v) is 5.45. The number of carbonyl (C=O) groups is 2. The van der Waals surface area contributed by atoms with Crippen molar-refractivity contribution in [2.24, 2.45) is 0 Å². The largest absolute Gasteiger partial charge is 0.463 e. The molecule has 0 aromatic heterocycles. The quantitative estimate of drug-likeness (QED) is 0.735. The topological polar surface area (TPSA) is 64.6 Å². The molecule has 5 heteroatoms. The third-order valence-electron chi connectivity index (χ3n) is 2.04. The van der Waals surface area contributed by atoms with Gasteiger partial charge in [0, 0.05) is 6.42 Å². The van der Waals surface area contributed by atoms with Crippen molar-refractivity contribution >= 4 is 11.9 Å². The van der Waals surface area contributed by atoms with Gasteiger partial charge in [0.2, 0.25) is 0 Å². The first-order valence-electron chi connectivity index (χ1n) is 6.25. The van der Waals surface area contributed by atoms with Crippen LogP contribution in [-0.4, -0.2) is 36.7 Å². The van der Waals surface area contributed by atoms with Gasteiger partial charge in [0.25, 0.3) is 0 Å². The number of hydrogen-bond acceptors (Lipinski definition) is 5. The molecule has 0 bridgehead atoms. The first-order valence-corrected chi connectivity index (χ1v) is 6.25. The lowest BCUT2D eigenvalue weighted by Gasteiger charge is -2.23. The third-order valence-corrected chi connectivity index (χ3v) is 2.04. The van der Waals surface area contributed by atoms with Crippen molar-refractivity contribution in [1.29, 1.82) is 0 Å². The van der Waals surface area contributed by atoms with Crippen LogP contribution in [0.25, 0.3) is 0 Å². The maximum Gasteiger partial charge on any atom is 0.323 e. The fourth-order valence-corrected chi connectivity index (χ4v) is 1.34. The van der Waals surface area contributed by atoms with Crippen LogP contribution in [0, 0.1) is 0 Å². The zero-order chi connectivity index (χ0) is 14.3. The van der Waals surface area contributed by atoms with Crippen LogP contribution in [0.1, 0.15) is 47.5 Å². The van der Waals surface area contributed by atoms with Crippen LogP contribution in [0.2, 0.25) is 0 Å². The Morgan fingerprint density at radius 1 is 1.22 bits per heavy atom. The molecule has 0 fully saturated rings. The summed E-state index contributed by atoms with van der Waals surface area (Å²) in [7, 11) is 1.67. The summed E-state index contributed by atoms with van der Waals surface area (Å²) in [6.07, 6.45) is 0.437. The van der Waals surface area contributed by atoms with E-state index in [0.717, 1.165) is 0 Å². The van der Waals surface area contributed by atoms with Gasteiger partial charge in [0.15, 0.2) is 0 Å². The van der Waals surface area contributed by atoms with Crippen molar-refractivity contribution in [1.82, 2.24) is 5.32 Å². The molecule has 0 aromatic rings. The Morgan fingerprint density at radius 2 is 1.78 bits per heavy atom. The van der Waals surface area contributed by atoms with Gasteiger partial charge < -0.3 is 14.8 Å². The van der Waals surface area contributed by atoms with Gasteiger partial charge in [-0.2, -0.15) is 0 Å². The third kappa shape index (κ3) is 8.06. The number of nitrogens with one attached hydrogen (secondary N) is 1. The molecule has 0 aliphatic carbocycles. The molecule has 0 amide bonds. The number of carbonyl (C=O) groups excluding carboxylic acids is 2. The minimum atomic E-state index is -0.523. The molecule has 0 radical (unpaired) electrons. The van der Waals surface area contributed by atoms with Crippen molar-refractivity contribution in [3.8, 4) is 0 Å². The Labute approximate surface area is 109 Å². The summed E-state index contributed by atoms with van der Waals surface area (Å²) in [6, 6.07) is -0.482. The zero-order valence-electron chi connectivity index (χ0n) is 12.2. The van der Waals surface area contributed by atoms with E-state index in [9.17, 15) is 9.59 Å². The van der Waals surface area contributed by atoms with Crippen LogP contribution >= 0.6 is 0 Å². The molecule has 0 aliphatic heterocycles. The lowest BCUT2D eigenvalue weighted by Crippen LogP contribution is -2.40. The molecule has 0 unspecified atom stereocenters. The van der Waals surface area contributed by atoms with Crippen LogP contribution in [-0.2, 0) is 19.1 Å². The van der Waals surface area contributed by atoms with Gasteiger partial charge in [-0.05, 0) is 48.1 Å². The maximum absolute atomic E-state index is 11.8. The van der Waals surface area contributed by atoms with Crippen LogP contribution < -0.4 is 5.32 Å². The molecule has 0 heterocycles. The minimum absolute atomic E-state index is 0.132. The van der Waals surface area contributed by atoms with E-state index in [4.69, 9.17) is 9.47 Å². The van der Waals surface area contributed by atoms with Crippen LogP contribution in [0.5, 0.6) is 0 Å². The summed E-state index contributed by atoms with van der Waals surface area (Å²) in [4.78, 5) is 23.2. The molecular formula is C13H25NO4. The molecule has 106 valence electrons. The number of hydrogen-bond donors (Lipinski definition) is 1. The zero-order valence-corrected chi connectivity index (χ0v) is 12.2. The minimum Gasteiger partial charge on any atom is -0.463 e. The van der Waals surface area contributed by atoms with Crippen LogP contribution in [0.3, 0.4) is 0 Å². The summed E-state index contributed by atoms with van der Waals surface area (Å²) in [6.45, 7) is 9.02. The van der Waals surface area contributed by atoms with Crippen molar-refractivity contribution in [2.45, 2.75) is 65.2 Å². The van der Waals surface area contributed by atoms with Gasteiger partial charge in [-0.1, -0.05) is 0 Å². The van der Waals surface area contributed by atoms with Gasteiger partial charge in [-0.3, -0.25) is 9.59 Å². The average molecular weight is 259 g/mol. The molecule has 1 atom stereocenters. The first kappa shape index (κ1) is 16.9. The van der Waals surface area contributed by atoms with E-state index in [2.05, 4.69) is 5.32 Å². The summed E-state index contributed by atoms with van der Waals surface area (Å²) in [5.74, 6) is -0.642. The van der Waals surface area contributed by atoms with Crippen molar-refractivity contribution in [3.63, 3.8) is 0 Å². The summed E-state index contributed by atoms with van der Waals surface area (Å²) < 4.78 is 10.3. The molecule has 0 saturated heterocycles. The van der Waals surface area contributed by atoms with Crippen LogP contribution in [0.15, 0.2) is 0 Å². The number of rotatable bonds is 6. The Balaban J connectivity index is 4.19. The molecule has 0 rings (SSSR count). The van der Waals surface area contributed by atoms with E-state index in [1.165, 1.54) is 0 Å². The summed E-state index contributed by atoms with van der Waals surface area (Å²) >= 11 is 0. The Bertz CT molecular complexity index is 281. The monoisotopic (exact) mass is 259 g/mol. The molecular weight excluding hydrogens is 234 g/mol. The highest BCUT2D eigenvalue weighted by molar-refractivity contribution is 5.77. The predicted octanol–water partition coefficient (Wildman–Crippen LogP) is 1.65. The Kier molecular flexibility index (Phi) is 6.91. The molecule has 5 nitrogen and oxygen atoms in total. The maximum atomic E-state index is 11.8. The van der Waals surface area contributed by atoms with E-state index in [0.29, 0.717) is 6.42 Å². The van der Waals surface area contributed by atoms with Gasteiger partial charge in [-0.25, -0.2) is 0 Å². The van der Waals surface area contributed by atoms with Gasteiger partial charge >= 0.3 is 11.9 Å². The van der Waals surface area contributed by atoms with Gasteiger partial charge in [0.1, 0.15) is 11.6 Å². The predicted molar refractivity (Wildman–Crippen MR) is 69.2 cm³/mol. The summed E-state index contributed by atoms with van der Waals surface area (Å²) in [5.41, 5.74) is -0.523. The molecule has 0 spiro atoms. The highest BCUT2D eigenvalue weighted by Gasteiger charge is 2.24. The van der Waals surface area contributed by atoms with E-state index in [-0.39, 0.29) is 24.5 Å². The lowest BCUT2D eigenvalue weighted by molar-refractivity contribution is -0.157. The lowest BCUT2D eigenvalue weighted by atomic mass is 10.1. The Hall–Kier alpha value is -1.10. The van der Waals surface area contributed by atoms with E-state index >= 15 is 0 Å². The number of likely N-dealkylation sites (N-methyl/N-ethyl adjacent to an activating group) is 1. The molecule has 18 heavy (non-hydrogen) atoms. The Morgan fingerprint density at radius 3 is 2.17 bits per heavy atom.